The van der Waals surface area contributed by atoms with E-state index < -0.39 is 5.60 Å². The third-order valence-electron chi connectivity index (χ3n) is 4.17. The summed E-state index contributed by atoms with van der Waals surface area (Å²) in [6.07, 6.45) is 1.26. The summed E-state index contributed by atoms with van der Waals surface area (Å²) in [4.78, 5) is 26.5. The van der Waals surface area contributed by atoms with Gasteiger partial charge in [0.25, 0.3) is 0 Å². The number of benzene rings is 1. The van der Waals surface area contributed by atoms with Crippen LogP contribution in [-0.4, -0.2) is 35.6 Å². The molecule has 2 rings (SSSR count). The zero-order valence-electron chi connectivity index (χ0n) is 15.3. The fourth-order valence-corrected chi connectivity index (χ4v) is 2.92. The second kappa shape index (κ2) is 7.24. The minimum Gasteiger partial charge on any atom is -0.444 e. The number of carbonyl (C=O) groups excluding carboxylic acids is 2. The Labute approximate surface area is 144 Å². The van der Waals surface area contributed by atoms with Crippen LogP contribution < -0.4 is 5.32 Å². The zero-order chi connectivity index (χ0) is 17.9. The minimum absolute atomic E-state index is 0.0272. The van der Waals surface area contributed by atoms with Gasteiger partial charge >= 0.3 is 6.09 Å². The number of hydrogen-bond acceptors (Lipinski definition) is 3. The van der Waals surface area contributed by atoms with E-state index in [-0.39, 0.29) is 17.9 Å². The molecule has 1 atom stereocenters. The average molecular weight is 332 g/mol. The first kappa shape index (κ1) is 18.3. The first-order chi connectivity index (χ1) is 11.2. The number of aryl methyl sites for hydroxylation is 2. The molecule has 24 heavy (non-hydrogen) atoms. The Hall–Kier alpha value is -2.04. The third kappa shape index (κ3) is 4.73. The van der Waals surface area contributed by atoms with E-state index in [0.29, 0.717) is 13.1 Å². The number of nitrogens with one attached hydrogen (secondary N) is 1. The van der Waals surface area contributed by atoms with E-state index >= 15 is 0 Å². The lowest BCUT2D eigenvalue weighted by Crippen LogP contribution is -2.45. The van der Waals surface area contributed by atoms with Crippen LogP contribution in [0.1, 0.15) is 44.7 Å². The molecule has 1 aliphatic rings. The first-order valence-corrected chi connectivity index (χ1v) is 8.52. The average Bonchev–Trinajstić information content (AvgIpc) is 2.49. The van der Waals surface area contributed by atoms with Crippen molar-refractivity contribution in [1.82, 2.24) is 4.90 Å². The highest BCUT2D eigenvalue weighted by Crippen LogP contribution is 2.24. The molecule has 1 saturated heterocycles. The zero-order valence-corrected chi connectivity index (χ0v) is 15.3. The number of nitrogens with zero attached hydrogens (tertiary/aromatic N) is 1. The normalized spacial score (nSPS) is 18.2. The highest BCUT2D eigenvalue weighted by Gasteiger charge is 2.31. The third-order valence-corrected chi connectivity index (χ3v) is 4.17. The smallest absolute Gasteiger partial charge is 0.410 e. The molecular weight excluding hydrogens is 304 g/mol. The van der Waals surface area contributed by atoms with Crippen LogP contribution in [0.15, 0.2) is 18.2 Å². The number of ether oxygens (including phenoxy) is 1. The van der Waals surface area contributed by atoms with Gasteiger partial charge in [0.2, 0.25) is 5.91 Å². The van der Waals surface area contributed by atoms with Crippen molar-refractivity contribution in [3.05, 3.63) is 29.3 Å². The molecule has 1 aromatic rings. The monoisotopic (exact) mass is 332 g/mol. The maximum atomic E-state index is 12.6. The van der Waals surface area contributed by atoms with Crippen LogP contribution in [0.25, 0.3) is 0 Å². The second-order valence-corrected chi connectivity index (χ2v) is 7.52. The summed E-state index contributed by atoms with van der Waals surface area (Å²) in [5.74, 6) is -0.231. The number of rotatable bonds is 2. The van der Waals surface area contributed by atoms with Crippen molar-refractivity contribution >= 4 is 17.7 Å². The maximum Gasteiger partial charge on any atom is 0.410 e. The van der Waals surface area contributed by atoms with Crippen molar-refractivity contribution in [1.29, 1.82) is 0 Å². The molecule has 0 saturated carbocycles. The van der Waals surface area contributed by atoms with Crippen molar-refractivity contribution in [3.63, 3.8) is 0 Å². The second-order valence-electron chi connectivity index (χ2n) is 7.52. The van der Waals surface area contributed by atoms with Crippen LogP contribution in [0.5, 0.6) is 0 Å². The number of anilines is 1. The molecule has 0 aromatic heterocycles. The number of likely N-dealkylation sites (tertiary alicyclic amines) is 1. The lowest BCUT2D eigenvalue weighted by atomic mass is 9.97. The van der Waals surface area contributed by atoms with Crippen LogP contribution in [0, 0.1) is 19.8 Å². The Morgan fingerprint density at radius 3 is 2.42 bits per heavy atom. The predicted octanol–water partition coefficient (Wildman–Crippen LogP) is 3.89. The van der Waals surface area contributed by atoms with Gasteiger partial charge in [0.05, 0.1) is 5.92 Å². The Balaban J connectivity index is 2.01. The molecule has 0 bridgehead atoms. The van der Waals surface area contributed by atoms with Gasteiger partial charge in [0.1, 0.15) is 5.60 Å². The van der Waals surface area contributed by atoms with Gasteiger partial charge in [-0.3, -0.25) is 4.79 Å². The highest BCUT2D eigenvalue weighted by atomic mass is 16.6. The van der Waals surface area contributed by atoms with E-state index in [2.05, 4.69) is 5.32 Å². The summed E-state index contributed by atoms with van der Waals surface area (Å²) in [7, 11) is 0. The van der Waals surface area contributed by atoms with Gasteiger partial charge in [0.15, 0.2) is 0 Å². The van der Waals surface area contributed by atoms with Crippen molar-refractivity contribution in [2.45, 2.75) is 53.1 Å². The van der Waals surface area contributed by atoms with Gasteiger partial charge in [-0.15, -0.1) is 0 Å². The predicted molar refractivity (Wildman–Crippen MR) is 95.1 cm³/mol. The minimum atomic E-state index is -0.523. The molecule has 0 aliphatic carbocycles. The van der Waals surface area contributed by atoms with Gasteiger partial charge < -0.3 is 15.0 Å². The largest absolute Gasteiger partial charge is 0.444 e. The van der Waals surface area contributed by atoms with Crippen LogP contribution >= 0.6 is 0 Å². The summed E-state index contributed by atoms with van der Waals surface area (Å²) < 4.78 is 5.42. The van der Waals surface area contributed by atoms with Gasteiger partial charge in [-0.25, -0.2) is 4.79 Å². The lowest BCUT2D eigenvalue weighted by molar-refractivity contribution is -0.121. The van der Waals surface area contributed by atoms with E-state index in [4.69, 9.17) is 4.74 Å². The van der Waals surface area contributed by atoms with Crippen molar-refractivity contribution in [2.75, 3.05) is 18.4 Å². The van der Waals surface area contributed by atoms with Crippen LogP contribution in [0.2, 0.25) is 0 Å². The Bertz CT molecular complexity index is 599. The number of carbonyl (C=O) groups is 2. The van der Waals surface area contributed by atoms with Crippen molar-refractivity contribution < 1.29 is 14.3 Å². The SMILES string of the molecule is Cc1cccc(C)c1NC(=O)C1CCCN(C(=O)OC(C)(C)C)C1. The Morgan fingerprint density at radius 1 is 1.21 bits per heavy atom. The molecule has 1 aromatic carbocycles. The van der Waals surface area contributed by atoms with Gasteiger partial charge in [-0.2, -0.15) is 0 Å². The fraction of sp³-hybridized carbons (Fsp3) is 0.579. The summed E-state index contributed by atoms with van der Waals surface area (Å²) >= 11 is 0. The van der Waals surface area contributed by atoms with Gasteiger partial charge in [0, 0.05) is 18.8 Å². The Morgan fingerprint density at radius 2 is 1.83 bits per heavy atom. The number of para-hydroxylation sites is 1. The van der Waals surface area contributed by atoms with E-state index in [1.807, 2.05) is 52.8 Å². The van der Waals surface area contributed by atoms with Crippen molar-refractivity contribution in [3.8, 4) is 0 Å². The van der Waals surface area contributed by atoms with E-state index in [1.54, 1.807) is 4.90 Å². The molecule has 132 valence electrons. The fourth-order valence-electron chi connectivity index (χ4n) is 2.92. The van der Waals surface area contributed by atoms with Gasteiger partial charge in [-0.05, 0) is 58.6 Å². The summed E-state index contributed by atoms with van der Waals surface area (Å²) in [6.45, 7) is 10.6. The standard InChI is InChI=1S/C19H28N2O3/c1-13-8-6-9-14(2)16(13)20-17(22)15-10-7-11-21(12-15)18(23)24-19(3,4)5/h6,8-9,15H,7,10-12H2,1-5H3,(H,20,22). The summed E-state index contributed by atoms with van der Waals surface area (Å²) in [5, 5.41) is 3.04. The van der Waals surface area contributed by atoms with Crippen molar-refractivity contribution in [2.24, 2.45) is 5.92 Å². The highest BCUT2D eigenvalue weighted by molar-refractivity contribution is 5.94. The van der Waals surface area contributed by atoms with E-state index in [0.717, 1.165) is 29.7 Å². The molecule has 2 amide bonds. The molecule has 1 unspecified atom stereocenters. The van der Waals surface area contributed by atoms with Crippen LogP contribution in [0.4, 0.5) is 10.5 Å². The molecule has 0 radical (unpaired) electrons. The quantitative estimate of drug-likeness (QED) is 0.894. The molecule has 1 N–H and O–H groups in total. The van der Waals surface area contributed by atoms with Crippen LogP contribution in [-0.2, 0) is 9.53 Å². The molecule has 5 heteroatoms. The molecule has 0 spiro atoms. The van der Waals surface area contributed by atoms with E-state index in [9.17, 15) is 9.59 Å². The molecule has 1 fully saturated rings. The topological polar surface area (TPSA) is 58.6 Å². The lowest BCUT2D eigenvalue weighted by Gasteiger charge is -2.33. The van der Waals surface area contributed by atoms with Crippen LogP contribution in [0.3, 0.4) is 0 Å². The van der Waals surface area contributed by atoms with E-state index in [1.165, 1.54) is 0 Å². The van der Waals surface area contributed by atoms with Gasteiger partial charge in [-0.1, -0.05) is 18.2 Å². The number of amides is 2. The molecule has 5 nitrogen and oxygen atoms in total. The number of hydrogen-bond donors (Lipinski definition) is 1. The maximum absolute atomic E-state index is 12.6. The Kier molecular flexibility index (Phi) is 5.52. The summed E-state index contributed by atoms with van der Waals surface area (Å²) in [6, 6.07) is 5.94. The number of piperidine rings is 1. The molecular formula is C19H28N2O3. The first-order valence-electron chi connectivity index (χ1n) is 8.52. The molecule has 1 aliphatic heterocycles. The molecule has 1 heterocycles. The summed E-state index contributed by atoms with van der Waals surface area (Å²) in [5.41, 5.74) is 2.44.